The first-order chi connectivity index (χ1) is 17.8. The summed E-state index contributed by atoms with van der Waals surface area (Å²) < 4.78 is 6.68. The number of fused-ring (bicyclic) bond motifs is 3. The molecule has 190 valence electrons. The third-order valence-corrected chi connectivity index (χ3v) is 7.20. The average molecular weight is 518 g/mol. The first kappa shape index (κ1) is 24.4. The Labute approximate surface area is 218 Å². The lowest BCUT2D eigenvalue weighted by Crippen LogP contribution is -2.22. The quantitative estimate of drug-likeness (QED) is 0.425. The first-order valence-electron chi connectivity index (χ1n) is 11.7. The van der Waals surface area contributed by atoms with E-state index in [4.69, 9.17) is 9.84 Å². The summed E-state index contributed by atoms with van der Waals surface area (Å²) in [4.78, 5) is 38.0. The van der Waals surface area contributed by atoms with Crippen molar-refractivity contribution in [2.75, 3.05) is 45.5 Å². The Balaban J connectivity index is 1.74. The van der Waals surface area contributed by atoms with Crippen LogP contribution in [0.2, 0.25) is 0 Å². The molecule has 2 amide bonds. The van der Waals surface area contributed by atoms with E-state index in [2.05, 4.69) is 15.3 Å². The summed E-state index contributed by atoms with van der Waals surface area (Å²) in [5, 5.41) is 8.26. The molecule has 0 spiro atoms. The SMILES string of the molecule is COC(=O)Nc1nc2c(s1)-c1c(c(-c3cccnc3)nn1-c1ccc(C(=O)N(C)C)cc1N(C)C)CC2. The van der Waals surface area contributed by atoms with Gasteiger partial charge in [0, 0.05) is 57.3 Å². The maximum Gasteiger partial charge on any atom is 0.413 e. The van der Waals surface area contributed by atoms with Crippen LogP contribution in [-0.4, -0.2) is 71.9 Å². The first-order valence-corrected chi connectivity index (χ1v) is 12.5. The Bertz CT molecular complexity index is 1490. The van der Waals surface area contributed by atoms with Gasteiger partial charge >= 0.3 is 6.09 Å². The van der Waals surface area contributed by atoms with Crippen LogP contribution < -0.4 is 10.2 Å². The molecule has 5 rings (SSSR count). The van der Waals surface area contributed by atoms with Gasteiger partial charge in [0.2, 0.25) is 0 Å². The second kappa shape index (κ2) is 9.66. The van der Waals surface area contributed by atoms with Crippen LogP contribution in [-0.2, 0) is 17.6 Å². The lowest BCUT2D eigenvalue weighted by molar-refractivity contribution is 0.0827. The van der Waals surface area contributed by atoms with Gasteiger partial charge in [0.25, 0.3) is 5.91 Å². The van der Waals surface area contributed by atoms with Gasteiger partial charge in [-0.3, -0.25) is 15.1 Å². The molecule has 1 aromatic carbocycles. The number of anilines is 2. The number of benzene rings is 1. The minimum absolute atomic E-state index is 0.0727. The molecule has 0 bridgehead atoms. The van der Waals surface area contributed by atoms with Gasteiger partial charge in [0.15, 0.2) is 5.13 Å². The smallest absolute Gasteiger partial charge is 0.413 e. The van der Waals surface area contributed by atoms with Crippen LogP contribution in [0.5, 0.6) is 0 Å². The van der Waals surface area contributed by atoms with Crippen molar-refractivity contribution in [1.82, 2.24) is 24.6 Å². The van der Waals surface area contributed by atoms with Gasteiger partial charge in [-0.25, -0.2) is 14.5 Å². The minimum atomic E-state index is -0.563. The number of carbonyl (C=O) groups excluding carboxylic acids is 2. The van der Waals surface area contributed by atoms with E-state index in [9.17, 15) is 9.59 Å². The predicted molar refractivity (Wildman–Crippen MR) is 144 cm³/mol. The summed E-state index contributed by atoms with van der Waals surface area (Å²) in [7, 11) is 8.68. The molecule has 11 heteroatoms. The molecular weight excluding hydrogens is 490 g/mol. The minimum Gasteiger partial charge on any atom is -0.453 e. The molecule has 0 aliphatic heterocycles. The van der Waals surface area contributed by atoms with E-state index in [1.54, 1.807) is 25.2 Å². The van der Waals surface area contributed by atoms with E-state index >= 15 is 0 Å². The molecule has 3 heterocycles. The van der Waals surface area contributed by atoms with Crippen molar-refractivity contribution in [2.45, 2.75) is 12.8 Å². The highest BCUT2D eigenvalue weighted by atomic mass is 32.1. The Kier molecular flexibility index (Phi) is 6.38. The topological polar surface area (TPSA) is 105 Å². The van der Waals surface area contributed by atoms with Crippen LogP contribution in [0.25, 0.3) is 27.5 Å². The third-order valence-electron chi connectivity index (χ3n) is 6.18. The molecule has 0 saturated carbocycles. The van der Waals surface area contributed by atoms with Crippen molar-refractivity contribution >= 4 is 34.2 Å². The third kappa shape index (κ3) is 4.42. The van der Waals surface area contributed by atoms with Gasteiger partial charge in [-0.1, -0.05) is 11.3 Å². The summed E-state index contributed by atoms with van der Waals surface area (Å²) in [5.41, 5.74) is 6.95. The van der Waals surface area contributed by atoms with Gasteiger partial charge in [0.1, 0.15) is 0 Å². The van der Waals surface area contributed by atoms with Gasteiger partial charge in [-0.15, -0.1) is 0 Å². The molecular formula is C26H27N7O3S. The van der Waals surface area contributed by atoms with E-state index in [0.717, 1.165) is 57.3 Å². The Morgan fingerprint density at radius 2 is 1.95 bits per heavy atom. The van der Waals surface area contributed by atoms with E-state index in [0.29, 0.717) is 10.7 Å². The molecule has 1 aliphatic rings. The summed E-state index contributed by atoms with van der Waals surface area (Å²) in [6.07, 6.45) is 4.45. The van der Waals surface area contributed by atoms with Crippen LogP contribution >= 0.6 is 11.3 Å². The summed E-state index contributed by atoms with van der Waals surface area (Å²) >= 11 is 1.39. The number of pyridine rings is 1. The average Bonchev–Trinajstić information content (AvgIpc) is 3.49. The number of rotatable bonds is 5. The maximum atomic E-state index is 12.7. The van der Waals surface area contributed by atoms with Gasteiger partial charge in [0.05, 0.1) is 40.4 Å². The number of carbonyl (C=O) groups is 2. The van der Waals surface area contributed by atoms with Crippen molar-refractivity contribution in [3.8, 4) is 27.5 Å². The zero-order valence-electron chi connectivity index (χ0n) is 21.3. The van der Waals surface area contributed by atoms with Crippen molar-refractivity contribution in [3.05, 3.63) is 59.5 Å². The highest BCUT2D eigenvalue weighted by Crippen LogP contribution is 2.45. The molecule has 37 heavy (non-hydrogen) atoms. The van der Waals surface area contributed by atoms with Gasteiger partial charge in [-0.2, -0.15) is 5.10 Å². The number of hydrogen-bond donors (Lipinski definition) is 1. The normalized spacial score (nSPS) is 11.9. The molecule has 3 aromatic heterocycles. The van der Waals surface area contributed by atoms with Crippen LogP contribution in [0.3, 0.4) is 0 Å². The van der Waals surface area contributed by atoms with Crippen LogP contribution in [0.15, 0.2) is 42.7 Å². The zero-order valence-corrected chi connectivity index (χ0v) is 22.1. The molecule has 0 atom stereocenters. The highest BCUT2D eigenvalue weighted by molar-refractivity contribution is 7.19. The zero-order chi connectivity index (χ0) is 26.3. The lowest BCUT2D eigenvalue weighted by atomic mass is 9.95. The van der Waals surface area contributed by atoms with E-state index in [1.807, 2.05) is 60.2 Å². The number of amides is 2. The molecule has 0 unspecified atom stereocenters. The number of ether oxygens (including phenoxy) is 1. The lowest BCUT2D eigenvalue weighted by Gasteiger charge is -2.21. The van der Waals surface area contributed by atoms with Gasteiger partial charge < -0.3 is 14.5 Å². The monoisotopic (exact) mass is 517 g/mol. The Morgan fingerprint density at radius 3 is 2.62 bits per heavy atom. The largest absolute Gasteiger partial charge is 0.453 e. The molecule has 1 aliphatic carbocycles. The number of aromatic nitrogens is 4. The van der Waals surface area contributed by atoms with E-state index < -0.39 is 6.09 Å². The number of hydrogen-bond acceptors (Lipinski definition) is 8. The summed E-state index contributed by atoms with van der Waals surface area (Å²) in [6, 6.07) is 9.53. The summed E-state index contributed by atoms with van der Waals surface area (Å²) in [5.74, 6) is -0.0727. The van der Waals surface area contributed by atoms with Gasteiger partial charge in [-0.05, 0) is 43.2 Å². The number of aryl methyl sites for hydroxylation is 1. The fourth-order valence-corrected chi connectivity index (χ4v) is 5.48. The number of thiazole rings is 1. The summed E-state index contributed by atoms with van der Waals surface area (Å²) in [6.45, 7) is 0. The fraction of sp³-hybridized carbons (Fsp3) is 0.269. The van der Waals surface area contributed by atoms with Crippen molar-refractivity contribution in [2.24, 2.45) is 0 Å². The van der Waals surface area contributed by atoms with Crippen LogP contribution in [0, 0.1) is 0 Å². The second-order valence-electron chi connectivity index (χ2n) is 9.04. The predicted octanol–water partition coefficient (Wildman–Crippen LogP) is 4.10. The molecule has 0 radical (unpaired) electrons. The molecule has 1 N–H and O–H groups in total. The highest BCUT2D eigenvalue weighted by Gasteiger charge is 2.31. The molecule has 0 saturated heterocycles. The Hall–Kier alpha value is -4.25. The van der Waals surface area contributed by atoms with E-state index in [1.165, 1.54) is 18.4 Å². The molecule has 4 aromatic rings. The van der Waals surface area contributed by atoms with Crippen molar-refractivity contribution in [3.63, 3.8) is 0 Å². The van der Waals surface area contributed by atoms with E-state index in [-0.39, 0.29) is 5.91 Å². The number of methoxy groups -OCH3 is 1. The van der Waals surface area contributed by atoms with Crippen LogP contribution in [0.4, 0.5) is 15.6 Å². The fourth-order valence-electron chi connectivity index (χ4n) is 4.42. The second-order valence-corrected chi connectivity index (χ2v) is 10.0. The Morgan fingerprint density at radius 1 is 1.14 bits per heavy atom. The van der Waals surface area contributed by atoms with Crippen LogP contribution in [0.1, 0.15) is 21.6 Å². The maximum absolute atomic E-state index is 12.7. The number of nitrogens with zero attached hydrogens (tertiary/aromatic N) is 6. The van der Waals surface area contributed by atoms with Crippen molar-refractivity contribution in [1.29, 1.82) is 0 Å². The molecule has 10 nitrogen and oxygen atoms in total. The van der Waals surface area contributed by atoms with Crippen molar-refractivity contribution < 1.29 is 14.3 Å². The standard InChI is InChI=1S/C26H27N7O3S/c1-31(2)20-13-15(24(34)32(3)4)8-11-19(20)33-22-17(21(30-33)16-7-6-12-27-14-16)9-10-18-23(22)37-25(28-18)29-26(35)36-5/h6-8,11-14H,9-10H2,1-5H3,(H,28,29,35). The molecule has 0 fully saturated rings. The number of nitrogens with one attached hydrogen (secondary N) is 1.